The summed E-state index contributed by atoms with van der Waals surface area (Å²) in [7, 11) is -0.281. The number of halogens is 4. The minimum atomic E-state index is -4.67. The highest BCUT2D eigenvalue weighted by Crippen LogP contribution is 2.29. The molecule has 2 N–H and O–H groups in total. The van der Waals surface area contributed by atoms with E-state index in [4.69, 9.17) is 4.98 Å². The standard InChI is InChI=1S/C28H36F4N6O3S/c1-5-17(2)38-25-19(16-33-27(35-25)34-20-7-9-21(10-8-20)37(3)4)14-22(26(38)39)18-6-11-24(23(29)15-18)36-42(40,41)13-12-28(30,31)32/h6,11,14-17,20-21,36H,5,7-10,12-13H2,1-4H3,(H,33,34,35)/t17-,20?,21?/m1/s1. The summed E-state index contributed by atoms with van der Waals surface area (Å²) in [6, 6.07) is 5.48. The largest absolute Gasteiger partial charge is 0.390 e. The Labute approximate surface area is 242 Å². The summed E-state index contributed by atoms with van der Waals surface area (Å²) in [5.74, 6) is -1.85. The molecule has 2 aromatic heterocycles. The molecule has 1 saturated carbocycles. The lowest BCUT2D eigenvalue weighted by Gasteiger charge is -2.33. The molecule has 0 aliphatic heterocycles. The lowest BCUT2D eigenvalue weighted by molar-refractivity contribution is -0.129. The van der Waals surface area contributed by atoms with Crippen LogP contribution in [0.2, 0.25) is 0 Å². The van der Waals surface area contributed by atoms with Gasteiger partial charge in [0.15, 0.2) is 0 Å². The molecule has 2 heterocycles. The first-order valence-electron chi connectivity index (χ1n) is 13.9. The summed E-state index contributed by atoms with van der Waals surface area (Å²) in [5, 5.41) is 3.97. The molecule has 0 spiro atoms. The molecule has 4 rings (SSSR count). The molecule has 0 saturated heterocycles. The number of pyridine rings is 1. The number of aromatic nitrogens is 3. The van der Waals surface area contributed by atoms with E-state index in [0.29, 0.717) is 29.4 Å². The molecule has 9 nitrogen and oxygen atoms in total. The molecule has 42 heavy (non-hydrogen) atoms. The van der Waals surface area contributed by atoms with Crippen LogP contribution in [-0.4, -0.2) is 66.0 Å². The molecule has 1 fully saturated rings. The Kier molecular flexibility index (Phi) is 9.46. The Morgan fingerprint density at radius 2 is 1.83 bits per heavy atom. The summed E-state index contributed by atoms with van der Waals surface area (Å²) >= 11 is 0. The van der Waals surface area contributed by atoms with Gasteiger partial charge >= 0.3 is 6.18 Å². The Hall–Kier alpha value is -3.26. The number of alkyl halides is 3. The summed E-state index contributed by atoms with van der Waals surface area (Å²) in [4.78, 5) is 25.1. The van der Waals surface area contributed by atoms with Gasteiger partial charge in [0.2, 0.25) is 16.0 Å². The second-order valence-corrected chi connectivity index (χ2v) is 12.9. The first-order chi connectivity index (χ1) is 19.7. The van der Waals surface area contributed by atoms with Gasteiger partial charge in [-0.25, -0.2) is 17.8 Å². The van der Waals surface area contributed by atoms with Crippen LogP contribution in [0, 0.1) is 5.82 Å². The first kappa shape index (κ1) is 31.7. The Morgan fingerprint density at radius 1 is 1.14 bits per heavy atom. The van der Waals surface area contributed by atoms with Crippen LogP contribution in [0.25, 0.3) is 22.2 Å². The molecular formula is C28H36F4N6O3S. The third-order valence-electron chi connectivity index (χ3n) is 7.76. The van der Waals surface area contributed by atoms with Gasteiger partial charge in [0.1, 0.15) is 11.5 Å². The number of nitrogens with zero attached hydrogens (tertiary/aromatic N) is 4. The van der Waals surface area contributed by atoms with Gasteiger partial charge in [-0.3, -0.25) is 14.1 Å². The van der Waals surface area contributed by atoms with Crippen LogP contribution in [-0.2, 0) is 10.0 Å². The molecule has 14 heteroatoms. The third-order valence-corrected chi connectivity index (χ3v) is 9.04. The second kappa shape index (κ2) is 12.5. The summed E-state index contributed by atoms with van der Waals surface area (Å²) in [6.07, 6.45) is 0.0556. The molecule has 230 valence electrons. The lowest BCUT2D eigenvalue weighted by Crippen LogP contribution is -2.36. The molecule has 3 aromatic rings. The number of anilines is 2. The van der Waals surface area contributed by atoms with Crippen LogP contribution in [0.5, 0.6) is 0 Å². The summed E-state index contributed by atoms with van der Waals surface area (Å²) < 4.78 is 79.8. The first-order valence-corrected chi connectivity index (χ1v) is 15.5. The zero-order valence-electron chi connectivity index (χ0n) is 24.0. The van der Waals surface area contributed by atoms with Gasteiger partial charge in [-0.1, -0.05) is 13.0 Å². The molecule has 0 bridgehead atoms. The number of hydrogen-bond acceptors (Lipinski definition) is 7. The molecule has 1 atom stereocenters. The van der Waals surface area contributed by atoms with Crippen molar-refractivity contribution in [3.8, 4) is 11.1 Å². The quantitative estimate of drug-likeness (QED) is 0.289. The van der Waals surface area contributed by atoms with Crippen LogP contribution in [0.1, 0.15) is 58.4 Å². The average Bonchev–Trinajstić information content (AvgIpc) is 2.92. The topological polar surface area (TPSA) is 109 Å². The molecule has 1 aliphatic carbocycles. The number of benzene rings is 1. The number of fused-ring (bicyclic) bond motifs is 1. The van der Waals surface area contributed by atoms with E-state index in [-0.39, 0.29) is 23.2 Å². The zero-order chi connectivity index (χ0) is 30.8. The van der Waals surface area contributed by atoms with Crippen molar-refractivity contribution in [2.75, 3.05) is 29.9 Å². The number of sulfonamides is 1. The number of rotatable bonds is 10. The molecule has 0 radical (unpaired) electrons. The lowest BCUT2D eigenvalue weighted by atomic mass is 9.91. The molecule has 0 amide bonds. The van der Waals surface area contributed by atoms with Gasteiger partial charge in [0.05, 0.1) is 17.9 Å². The van der Waals surface area contributed by atoms with E-state index in [2.05, 4.69) is 29.3 Å². The second-order valence-electron chi connectivity index (χ2n) is 11.1. The van der Waals surface area contributed by atoms with Crippen molar-refractivity contribution in [3.63, 3.8) is 0 Å². The predicted molar refractivity (Wildman–Crippen MR) is 156 cm³/mol. The van der Waals surface area contributed by atoms with Crippen LogP contribution in [0.4, 0.5) is 29.2 Å². The fourth-order valence-corrected chi connectivity index (χ4v) is 6.24. The highest BCUT2D eigenvalue weighted by atomic mass is 32.2. The summed E-state index contributed by atoms with van der Waals surface area (Å²) in [6.45, 7) is 3.81. The van der Waals surface area contributed by atoms with Gasteiger partial charge in [0.25, 0.3) is 5.56 Å². The predicted octanol–water partition coefficient (Wildman–Crippen LogP) is 5.55. The van der Waals surface area contributed by atoms with Gasteiger partial charge < -0.3 is 10.2 Å². The van der Waals surface area contributed by atoms with Crippen molar-refractivity contribution in [1.29, 1.82) is 0 Å². The van der Waals surface area contributed by atoms with Crippen molar-refractivity contribution in [1.82, 2.24) is 19.4 Å². The van der Waals surface area contributed by atoms with E-state index in [0.717, 1.165) is 37.8 Å². The minimum absolute atomic E-state index is 0.152. The maximum Gasteiger partial charge on any atom is 0.390 e. The van der Waals surface area contributed by atoms with E-state index in [9.17, 15) is 30.8 Å². The molecular weight excluding hydrogens is 576 g/mol. The van der Waals surface area contributed by atoms with Gasteiger partial charge in [0, 0.05) is 35.3 Å². The van der Waals surface area contributed by atoms with Crippen LogP contribution >= 0.6 is 0 Å². The van der Waals surface area contributed by atoms with Gasteiger partial charge in [-0.15, -0.1) is 0 Å². The van der Waals surface area contributed by atoms with Gasteiger partial charge in [-0.05, 0) is 76.9 Å². The maximum absolute atomic E-state index is 15.0. The molecule has 1 aliphatic rings. The smallest absolute Gasteiger partial charge is 0.351 e. The normalized spacial score (nSPS) is 18.8. The van der Waals surface area contributed by atoms with Crippen molar-refractivity contribution >= 4 is 32.7 Å². The SMILES string of the molecule is CC[C@@H](C)n1c(=O)c(-c2ccc(NS(=O)(=O)CCC(F)(F)F)c(F)c2)cc2cnc(NC3CCC(N(C)C)CC3)nc21. The van der Waals surface area contributed by atoms with E-state index in [1.165, 1.54) is 6.07 Å². The Morgan fingerprint density at radius 3 is 2.43 bits per heavy atom. The zero-order valence-corrected chi connectivity index (χ0v) is 24.8. The highest BCUT2D eigenvalue weighted by Gasteiger charge is 2.30. The highest BCUT2D eigenvalue weighted by molar-refractivity contribution is 7.92. The van der Waals surface area contributed by atoms with E-state index in [1.54, 1.807) is 16.8 Å². The van der Waals surface area contributed by atoms with E-state index in [1.807, 2.05) is 18.6 Å². The summed E-state index contributed by atoms with van der Waals surface area (Å²) in [5.41, 5.74) is -0.158. The van der Waals surface area contributed by atoms with E-state index >= 15 is 0 Å². The Balaban J connectivity index is 1.64. The van der Waals surface area contributed by atoms with Crippen LogP contribution in [0.15, 0.2) is 35.3 Å². The average molecular weight is 613 g/mol. The fourth-order valence-electron chi connectivity index (χ4n) is 5.14. The van der Waals surface area contributed by atoms with E-state index < -0.39 is 45.4 Å². The number of nitrogens with one attached hydrogen (secondary N) is 2. The van der Waals surface area contributed by atoms with Crippen molar-refractivity contribution in [2.45, 2.75) is 76.7 Å². The minimum Gasteiger partial charge on any atom is -0.351 e. The third kappa shape index (κ3) is 7.57. The van der Waals surface area contributed by atoms with Crippen LogP contribution in [0.3, 0.4) is 0 Å². The van der Waals surface area contributed by atoms with Crippen molar-refractivity contribution in [2.24, 2.45) is 0 Å². The molecule has 1 aromatic carbocycles. The monoisotopic (exact) mass is 612 g/mol. The maximum atomic E-state index is 15.0. The number of hydrogen-bond donors (Lipinski definition) is 2. The van der Waals surface area contributed by atoms with Crippen molar-refractivity contribution < 1.29 is 26.0 Å². The Bertz CT molecular complexity index is 1580. The molecule has 0 unspecified atom stereocenters. The van der Waals surface area contributed by atoms with Crippen LogP contribution < -0.4 is 15.6 Å². The van der Waals surface area contributed by atoms with Gasteiger partial charge in [-0.2, -0.15) is 18.2 Å². The fraction of sp³-hybridized carbons (Fsp3) is 0.536. The van der Waals surface area contributed by atoms with Crippen molar-refractivity contribution in [3.05, 3.63) is 46.6 Å².